The van der Waals surface area contributed by atoms with Gasteiger partial charge in [0.2, 0.25) is 10.0 Å². The maximum absolute atomic E-state index is 13.0. The fraction of sp³-hybridized carbons (Fsp3) is 0.350. The molecule has 0 aromatic heterocycles. The molecule has 1 aliphatic carbocycles. The van der Waals surface area contributed by atoms with Crippen molar-refractivity contribution < 1.29 is 37.3 Å². The van der Waals surface area contributed by atoms with Gasteiger partial charge in [0.1, 0.15) is 22.9 Å². The highest BCUT2D eigenvalue weighted by Gasteiger charge is 2.53. The number of aliphatic hydroxyl groups excluding tert-OH is 2. The van der Waals surface area contributed by atoms with Crippen LogP contribution >= 0.6 is 0 Å². The number of benzene rings is 2. The first kappa shape index (κ1) is 22.2. The molecule has 0 heterocycles. The zero-order chi connectivity index (χ0) is 21.9. The second-order valence-electron chi connectivity index (χ2n) is 6.98. The molecule has 2 aromatic rings. The van der Waals surface area contributed by atoms with Gasteiger partial charge in [0.05, 0.1) is 23.7 Å². The van der Waals surface area contributed by atoms with Gasteiger partial charge in [0, 0.05) is 12.8 Å². The summed E-state index contributed by atoms with van der Waals surface area (Å²) in [6.07, 6.45) is -3.14. The normalized spacial score (nSPS) is 23.9. The molecule has 0 bridgehead atoms. The summed E-state index contributed by atoms with van der Waals surface area (Å²) in [7, 11) is -4.19. The SMILES string of the molecule is CCOC(=O)C1(NS(=O)(=O)c2ccc(Oc3ccc(F)cc3)cc2)C[C@@H](O)[C@@H](O)C1. The van der Waals surface area contributed by atoms with Crippen molar-refractivity contribution in [2.75, 3.05) is 6.61 Å². The molecule has 1 aliphatic rings. The highest BCUT2D eigenvalue weighted by atomic mass is 32.2. The van der Waals surface area contributed by atoms with E-state index in [1.54, 1.807) is 6.92 Å². The first-order valence-electron chi connectivity index (χ1n) is 9.26. The van der Waals surface area contributed by atoms with Crippen LogP contribution in [0.2, 0.25) is 0 Å². The lowest BCUT2D eigenvalue weighted by Crippen LogP contribution is -2.54. The van der Waals surface area contributed by atoms with E-state index in [1.807, 2.05) is 0 Å². The first-order chi connectivity index (χ1) is 14.1. The quantitative estimate of drug-likeness (QED) is 0.562. The summed E-state index contributed by atoms with van der Waals surface area (Å²) >= 11 is 0. The van der Waals surface area contributed by atoms with Gasteiger partial charge in [0.25, 0.3) is 0 Å². The predicted octanol–water partition coefficient (Wildman–Crippen LogP) is 1.71. The number of carbonyl (C=O) groups excluding carboxylic acids is 1. The molecule has 2 aromatic carbocycles. The number of nitrogens with one attached hydrogen (secondary N) is 1. The molecule has 1 saturated carbocycles. The summed E-state index contributed by atoms with van der Waals surface area (Å²) in [4.78, 5) is 12.3. The van der Waals surface area contributed by atoms with Crippen LogP contribution in [0.4, 0.5) is 4.39 Å². The Balaban J connectivity index is 1.80. The van der Waals surface area contributed by atoms with Gasteiger partial charge >= 0.3 is 5.97 Å². The fourth-order valence-electron chi connectivity index (χ4n) is 3.27. The number of halogens is 1. The van der Waals surface area contributed by atoms with Crippen LogP contribution in [-0.2, 0) is 19.6 Å². The van der Waals surface area contributed by atoms with Gasteiger partial charge < -0.3 is 19.7 Å². The second kappa shape index (κ2) is 8.68. The summed E-state index contributed by atoms with van der Waals surface area (Å²) < 4.78 is 51.5. The summed E-state index contributed by atoms with van der Waals surface area (Å²) in [5.74, 6) is -0.569. The molecule has 1 fully saturated rings. The van der Waals surface area contributed by atoms with E-state index < -0.39 is 39.6 Å². The van der Waals surface area contributed by atoms with Crippen LogP contribution in [0.15, 0.2) is 53.4 Å². The van der Waals surface area contributed by atoms with Crippen molar-refractivity contribution in [3.05, 3.63) is 54.3 Å². The van der Waals surface area contributed by atoms with Crippen molar-refractivity contribution >= 4 is 16.0 Å². The number of aliphatic hydroxyl groups is 2. The predicted molar refractivity (Wildman–Crippen MR) is 104 cm³/mol. The molecule has 3 N–H and O–H groups in total. The average molecular weight is 439 g/mol. The molecule has 8 nitrogen and oxygen atoms in total. The Morgan fingerprint density at radius 2 is 1.57 bits per heavy atom. The molecule has 0 saturated heterocycles. The maximum Gasteiger partial charge on any atom is 0.327 e. The number of rotatable bonds is 7. The molecule has 30 heavy (non-hydrogen) atoms. The Kier molecular flexibility index (Phi) is 6.41. The molecule has 3 rings (SSSR count). The summed E-state index contributed by atoms with van der Waals surface area (Å²) in [5.41, 5.74) is -1.77. The average Bonchev–Trinajstić information content (AvgIpc) is 2.98. The standard InChI is InChI=1S/C20H22FNO7S/c1-2-28-19(25)20(11-17(23)18(24)12-20)22-30(26,27)16-9-7-15(8-10-16)29-14-5-3-13(21)4-6-14/h3-10,17-18,22-24H,2,11-12H2,1H3/t17-,18+,20?. The minimum Gasteiger partial charge on any atom is -0.465 e. The summed E-state index contributed by atoms with van der Waals surface area (Å²) in [6.45, 7) is 1.59. The van der Waals surface area contributed by atoms with E-state index in [1.165, 1.54) is 48.5 Å². The van der Waals surface area contributed by atoms with Gasteiger partial charge in [-0.2, -0.15) is 4.72 Å². The highest BCUT2D eigenvalue weighted by Crippen LogP contribution is 2.34. The van der Waals surface area contributed by atoms with E-state index in [4.69, 9.17) is 9.47 Å². The maximum atomic E-state index is 13.0. The molecule has 0 spiro atoms. The van der Waals surface area contributed by atoms with Crippen LogP contribution in [0.3, 0.4) is 0 Å². The smallest absolute Gasteiger partial charge is 0.327 e. The van der Waals surface area contributed by atoms with Gasteiger partial charge in [0.15, 0.2) is 0 Å². The van der Waals surface area contributed by atoms with E-state index in [0.29, 0.717) is 11.5 Å². The Labute approximate surface area is 173 Å². The summed E-state index contributed by atoms with van der Waals surface area (Å²) in [5, 5.41) is 19.8. The lowest BCUT2D eigenvalue weighted by Gasteiger charge is -2.27. The largest absolute Gasteiger partial charge is 0.465 e. The van der Waals surface area contributed by atoms with Crippen LogP contribution in [0, 0.1) is 5.82 Å². The Hall–Kier alpha value is -2.53. The van der Waals surface area contributed by atoms with Crippen molar-refractivity contribution in [3.8, 4) is 11.5 Å². The van der Waals surface area contributed by atoms with Gasteiger partial charge in [-0.25, -0.2) is 12.8 Å². The first-order valence-corrected chi connectivity index (χ1v) is 10.7. The van der Waals surface area contributed by atoms with Crippen molar-refractivity contribution in [1.82, 2.24) is 4.72 Å². The van der Waals surface area contributed by atoms with Crippen LogP contribution in [0.5, 0.6) is 11.5 Å². The Morgan fingerprint density at radius 1 is 1.07 bits per heavy atom. The fourth-order valence-corrected chi connectivity index (χ4v) is 4.65. The number of carbonyl (C=O) groups is 1. The molecule has 0 aliphatic heterocycles. The highest BCUT2D eigenvalue weighted by molar-refractivity contribution is 7.89. The molecule has 0 amide bonds. The second-order valence-corrected chi connectivity index (χ2v) is 8.66. The molecule has 3 atom stereocenters. The lowest BCUT2D eigenvalue weighted by atomic mass is 9.99. The monoisotopic (exact) mass is 439 g/mol. The molecule has 0 radical (unpaired) electrons. The third-order valence-electron chi connectivity index (χ3n) is 4.74. The topological polar surface area (TPSA) is 122 Å². The van der Waals surface area contributed by atoms with Crippen molar-refractivity contribution in [2.24, 2.45) is 0 Å². The van der Waals surface area contributed by atoms with Crippen LogP contribution in [0.1, 0.15) is 19.8 Å². The number of esters is 1. The Bertz CT molecular complexity index is 983. The van der Waals surface area contributed by atoms with Crippen LogP contribution in [0.25, 0.3) is 0 Å². The minimum absolute atomic E-state index is 0.0178. The third-order valence-corrected chi connectivity index (χ3v) is 6.29. The van der Waals surface area contributed by atoms with E-state index in [-0.39, 0.29) is 24.3 Å². The number of hydrogen-bond donors (Lipinski definition) is 3. The Morgan fingerprint density at radius 3 is 2.07 bits per heavy atom. The van der Waals surface area contributed by atoms with Crippen LogP contribution < -0.4 is 9.46 Å². The zero-order valence-corrected chi connectivity index (χ0v) is 16.9. The summed E-state index contributed by atoms with van der Waals surface area (Å²) in [6, 6.07) is 10.7. The molecular formula is C20H22FNO7S. The number of hydrogen-bond acceptors (Lipinski definition) is 7. The lowest BCUT2D eigenvalue weighted by molar-refractivity contribution is -0.150. The van der Waals surface area contributed by atoms with Crippen molar-refractivity contribution in [1.29, 1.82) is 0 Å². The van der Waals surface area contributed by atoms with Crippen LogP contribution in [-0.4, -0.2) is 49.0 Å². The van der Waals surface area contributed by atoms with E-state index in [0.717, 1.165) is 0 Å². The van der Waals surface area contributed by atoms with Gasteiger partial charge in [-0.05, 0) is 55.5 Å². The van der Waals surface area contributed by atoms with Crippen molar-refractivity contribution in [2.45, 2.75) is 42.4 Å². The molecule has 162 valence electrons. The van der Waals surface area contributed by atoms with Gasteiger partial charge in [-0.15, -0.1) is 0 Å². The molecule has 1 unspecified atom stereocenters. The molecule has 10 heteroatoms. The van der Waals surface area contributed by atoms with Gasteiger partial charge in [-0.3, -0.25) is 4.79 Å². The number of sulfonamides is 1. The number of ether oxygens (including phenoxy) is 2. The van der Waals surface area contributed by atoms with E-state index in [9.17, 15) is 27.8 Å². The van der Waals surface area contributed by atoms with E-state index >= 15 is 0 Å². The van der Waals surface area contributed by atoms with Crippen molar-refractivity contribution in [3.63, 3.8) is 0 Å². The minimum atomic E-state index is -4.19. The van der Waals surface area contributed by atoms with Gasteiger partial charge in [-0.1, -0.05) is 0 Å². The zero-order valence-electron chi connectivity index (χ0n) is 16.1. The third kappa shape index (κ3) is 4.78. The molecular weight excluding hydrogens is 417 g/mol. The van der Waals surface area contributed by atoms with E-state index in [2.05, 4.69) is 4.72 Å².